The van der Waals surface area contributed by atoms with Gasteiger partial charge < -0.3 is 19.1 Å². The van der Waals surface area contributed by atoms with Crippen LogP contribution in [0.2, 0.25) is 0 Å². The monoisotopic (exact) mass is 483 g/mol. The second kappa shape index (κ2) is 10.9. The number of methoxy groups -OCH3 is 1. The molecule has 2 heterocycles. The highest BCUT2D eigenvalue weighted by Crippen LogP contribution is 2.38. The lowest BCUT2D eigenvalue weighted by Crippen LogP contribution is -2.25. The molecule has 0 radical (unpaired) electrons. The summed E-state index contributed by atoms with van der Waals surface area (Å²) in [6.07, 6.45) is 0.465. The van der Waals surface area contributed by atoms with Crippen molar-refractivity contribution in [3.63, 3.8) is 0 Å². The SMILES string of the molecule is CCC(=O)N(C)Cc1ccc(C(=O)Nc2nc3c(OC)ccc(C4COCCOC4)c3s2)cc1. The van der Waals surface area contributed by atoms with Crippen LogP contribution in [0.5, 0.6) is 5.75 Å². The molecule has 1 fully saturated rings. The molecule has 9 heteroatoms. The average Bonchev–Trinajstić information content (AvgIpc) is 3.08. The Morgan fingerprint density at radius 1 is 1.15 bits per heavy atom. The van der Waals surface area contributed by atoms with Crippen molar-refractivity contribution in [3.8, 4) is 5.75 Å². The number of fused-ring (bicyclic) bond motifs is 1. The van der Waals surface area contributed by atoms with E-state index < -0.39 is 0 Å². The van der Waals surface area contributed by atoms with Gasteiger partial charge in [0.25, 0.3) is 5.91 Å². The molecule has 0 bridgehead atoms. The number of aromatic nitrogens is 1. The van der Waals surface area contributed by atoms with Crippen LogP contribution in [0.25, 0.3) is 10.2 Å². The molecule has 180 valence electrons. The van der Waals surface area contributed by atoms with Crippen molar-refractivity contribution in [2.75, 3.05) is 45.9 Å². The lowest BCUT2D eigenvalue weighted by atomic mass is 10.0. The summed E-state index contributed by atoms with van der Waals surface area (Å²) >= 11 is 1.42. The first-order chi connectivity index (χ1) is 16.5. The molecule has 2 aromatic carbocycles. The van der Waals surface area contributed by atoms with E-state index in [2.05, 4.69) is 10.3 Å². The molecule has 0 spiro atoms. The number of nitrogens with zero attached hydrogens (tertiary/aromatic N) is 2. The fourth-order valence-corrected chi connectivity index (χ4v) is 4.97. The van der Waals surface area contributed by atoms with Crippen molar-refractivity contribution in [2.24, 2.45) is 0 Å². The van der Waals surface area contributed by atoms with Crippen molar-refractivity contribution >= 4 is 38.5 Å². The van der Waals surface area contributed by atoms with E-state index in [1.165, 1.54) is 11.3 Å². The largest absolute Gasteiger partial charge is 0.494 e. The lowest BCUT2D eigenvalue weighted by molar-refractivity contribution is -0.130. The van der Waals surface area contributed by atoms with E-state index in [1.807, 2.05) is 31.2 Å². The standard InChI is InChI=1S/C25H29N3O5S/c1-4-21(29)28(2)13-16-5-7-17(8-6-16)24(30)27-25-26-22-20(31-3)10-9-19(23(22)34-25)18-14-32-11-12-33-15-18/h5-10,18H,4,11-15H2,1-3H3,(H,26,27,30). The first-order valence-corrected chi connectivity index (χ1v) is 12.1. The Hall–Kier alpha value is -3.01. The van der Waals surface area contributed by atoms with Crippen LogP contribution in [0.1, 0.15) is 40.7 Å². The van der Waals surface area contributed by atoms with E-state index >= 15 is 0 Å². The predicted molar refractivity (Wildman–Crippen MR) is 132 cm³/mol. The molecule has 8 nitrogen and oxygen atoms in total. The summed E-state index contributed by atoms with van der Waals surface area (Å²) in [5.74, 6) is 0.575. The van der Waals surface area contributed by atoms with Gasteiger partial charge in [-0.1, -0.05) is 36.5 Å². The Bertz CT molecular complexity index is 1150. The molecule has 0 aliphatic carbocycles. The number of anilines is 1. The van der Waals surface area contributed by atoms with E-state index in [0.29, 0.717) is 61.4 Å². The molecular weight excluding hydrogens is 454 g/mol. The van der Waals surface area contributed by atoms with E-state index in [4.69, 9.17) is 14.2 Å². The van der Waals surface area contributed by atoms with Crippen molar-refractivity contribution in [1.29, 1.82) is 0 Å². The predicted octanol–water partition coefficient (Wildman–Crippen LogP) is 4.06. The molecule has 1 aromatic heterocycles. The molecule has 1 aliphatic rings. The summed E-state index contributed by atoms with van der Waals surface area (Å²) in [5.41, 5.74) is 3.27. The van der Waals surface area contributed by atoms with E-state index in [9.17, 15) is 9.59 Å². The second-order valence-corrected chi connectivity index (χ2v) is 9.15. The first-order valence-electron chi connectivity index (χ1n) is 11.3. The van der Waals surface area contributed by atoms with Crippen LogP contribution in [0.3, 0.4) is 0 Å². The Labute approximate surface area is 202 Å². The smallest absolute Gasteiger partial charge is 0.257 e. The van der Waals surface area contributed by atoms with Gasteiger partial charge >= 0.3 is 0 Å². The molecule has 4 rings (SSSR count). The van der Waals surface area contributed by atoms with Crippen LogP contribution in [-0.4, -0.2) is 62.3 Å². The third-order valence-electron chi connectivity index (χ3n) is 5.79. The maximum Gasteiger partial charge on any atom is 0.257 e. The summed E-state index contributed by atoms with van der Waals surface area (Å²) in [7, 11) is 3.38. The van der Waals surface area contributed by atoms with Crippen molar-refractivity contribution in [1.82, 2.24) is 9.88 Å². The van der Waals surface area contributed by atoms with Crippen LogP contribution in [0.4, 0.5) is 5.13 Å². The number of carbonyl (C=O) groups is 2. The molecule has 0 atom stereocenters. The molecule has 1 aliphatic heterocycles. The zero-order valence-corrected chi connectivity index (χ0v) is 20.4. The van der Waals surface area contributed by atoms with Gasteiger partial charge in [-0.05, 0) is 29.3 Å². The number of hydrogen-bond acceptors (Lipinski definition) is 7. The summed E-state index contributed by atoms with van der Waals surface area (Å²) in [4.78, 5) is 31.0. The van der Waals surface area contributed by atoms with Crippen molar-refractivity contribution in [3.05, 3.63) is 53.1 Å². The number of carbonyl (C=O) groups excluding carboxylic acids is 2. The molecule has 2 amide bonds. The molecule has 0 unspecified atom stereocenters. The summed E-state index contributed by atoms with van der Waals surface area (Å²) < 4.78 is 17.8. The van der Waals surface area contributed by atoms with Gasteiger partial charge in [-0.3, -0.25) is 14.9 Å². The second-order valence-electron chi connectivity index (χ2n) is 8.15. The minimum Gasteiger partial charge on any atom is -0.494 e. The summed E-state index contributed by atoms with van der Waals surface area (Å²) in [5, 5.41) is 3.41. The van der Waals surface area contributed by atoms with E-state index in [-0.39, 0.29) is 17.7 Å². The van der Waals surface area contributed by atoms with Crippen LogP contribution < -0.4 is 10.1 Å². The third-order valence-corrected chi connectivity index (χ3v) is 6.81. The van der Waals surface area contributed by atoms with Gasteiger partial charge in [0.2, 0.25) is 5.91 Å². The van der Waals surface area contributed by atoms with Gasteiger partial charge in [-0.2, -0.15) is 0 Å². The Balaban J connectivity index is 1.53. The van der Waals surface area contributed by atoms with Gasteiger partial charge in [-0.15, -0.1) is 0 Å². The normalized spacial score (nSPS) is 14.6. The van der Waals surface area contributed by atoms with Crippen LogP contribution in [-0.2, 0) is 20.8 Å². The average molecular weight is 484 g/mol. The summed E-state index contributed by atoms with van der Waals surface area (Å²) in [6.45, 7) is 4.67. The molecule has 3 aromatic rings. The highest BCUT2D eigenvalue weighted by molar-refractivity contribution is 7.22. The molecule has 1 saturated heterocycles. The fourth-order valence-electron chi connectivity index (χ4n) is 3.90. The zero-order valence-electron chi connectivity index (χ0n) is 19.6. The Morgan fingerprint density at radius 3 is 2.50 bits per heavy atom. The van der Waals surface area contributed by atoms with E-state index in [0.717, 1.165) is 15.8 Å². The third kappa shape index (κ3) is 5.38. The van der Waals surface area contributed by atoms with Crippen molar-refractivity contribution < 1.29 is 23.8 Å². The van der Waals surface area contributed by atoms with Crippen LogP contribution in [0.15, 0.2) is 36.4 Å². The minimum atomic E-state index is -0.245. The molecule has 0 saturated carbocycles. The van der Waals surface area contributed by atoms with Gasteiger partial charge in [0.05, 0.1) is 38.2 Å². The maximum atomic E-state index is 12.9. The topological polar surface area (TPSA) is 90.0 Å². The zero-order chi connectivity index (χ0) is 24.1. The quantitative estimate of drug-likeness (QED) is 0.545. The first kappa shape index (κ1) is 24.1. The number of nitrogens with one attached hydrogen (secondary N) is 1. The minimum absolute atomic E-state index is 0.0782. The highest BCUT2D eigenvalue weighted by Gasteiger charge is 2.22. The highest BCUT2D eigenvalue weighted by atomic mass is 32.1. The van der Waals surface area contributed by atoms with Gasteiger partial charge in [0, 0.05) is 31.5 Å². The molecule has 1 N–H and O–H groups in total. The number of ether oxygens (including phenoxy) is 3. The molecule has 34 heavy (non-hydrogen) atoms. The Kier molecular flexibility index (Phi) is 7.77. The number of amides is 2. The lowest BCUT2D eigenvalue weighted by Gasteiger charge is -2.16. The molecular formula is C25H29N3O5S. The van der Waals surface area contributed by atoms with E-state index in [1.54, 1.807) is 31.2 Å². The van der Waals surface area contributed by atoms with Gasteiger partial charge in [0.15, 0.2) is 5.13 Å². The van der Waals surface area contributed by atoms with Gasteiger partial charge in [0.1, 0.15) is 11.3 Å². The number of hydrogen-bond donors (Lipinski definition) is 1. The van der Waals surface area contributed by atoms with Crippen LogP contribution >= 0.6 is 11.3 Å². The van der Waals surface area contributed by atoms with Crippen molar-refractivity contribution in [2.45, 2.75) is 25.8 Å². The number of rotatable bonds is 7. The van der Waals surface area contributed by atoms with Gasteiger partial charge in [-0.25, -0.2) is 4.98 Å². The summed E-state index contributed by atoms with van der Waals surface area (Å²) in [6, 6.07) is 11.2. The fraction of sp³-hybridized carbons (Fsp3) is 0.400. The number of thiazole rings is 1. The van der Waals surface area contributed by atoms with Crippen LogP contribution in [0, 0.1) is 0 Å². The number of benzene rings is 2. The maximum absolute atomic E-state index is 12.9. The Morgan fingerprint density at radius 2 is 1.85 bits per heavy atom.